The van der Waals surface area contributed by atoms with E-state index in [1.807, 2.05) is 0 Å². The lowest BCUT2D eigenvalue weighted by Gasteiger charge is -2.13. The standard InChI is InChI=1S/C17H20ClS.BF3.FH/c1-12-10-17(15(4)14(3)13(12)2)19(11-18)16-8-6-5-7-9-16;2-1(3)4;/h5-10H,11H2,1-4H3;;1H/q+1;;/p-1. The summed E-state index contributed by atoms with van der Waals surface area (Å²) in [7, 11) is -3.70. The Kier molecular flexibility index (Phi) is 10.2. The Labute approximate surface area is 149 Å². The van der Waals surface area contributed by atoms with Gasteiger partial charge in [-0.3, -0.25) is 12.9 Å². The van der Waals surface area contributed by atoms with Gasteiger partial charge in [0, 0.05) is 5.56 Å². The first-order valence-electron chi connectivity index (χ1n) is 7.11. The molecule has 0 amide bonds. The number of benzene rings is 2. The molecule has 0 fully saturated rings. The molecule has 0 aliphatic rings. The zero-order chi connectivity index (χ0) is 17.6. The predicted octanol–water partition coefficient (Wildman–Crippen LogP) is 3.04. The molecule has 0 radical (unpaired) electrons. The van der Waals surface area contributed by atoms with Crippen molar-refractivity contribution in [1.82, 2.24) is 0 Å². The van der Waals surface area contributed by atoms with Crippen LogP contribution >= 0.6 is 11.6 Å². The highest BCUT2D eigenvalue weighted by atomic mass is 35.5. The quantitative estimate of drug-likeness (QED) is 0.333. The fourth-order valence-corrected chi connectivity index (χ4v) is 4.82. The number of aryl methyl sites for hydroxylation is 1. The van der Waals surface area contributed by atoms with Crippen LogP contribution < -0.4 is 4.70 Å². The maximum atomic E-state index is 9.67. The Morgan fingerprint density at radius 1 is 0.917 bits per heavy atom. The Bertz CT molecular complexity index is 635. The van der Waals surface area contributed by atoms with Crippen LogP contribution in [0.15, 0.2) is 46.2 Å². The van der Waals surface area contributed by atoms with Gasteiger partial charge in [-0.1, -0.05) is 29.8 Å². The normalized spacial score (nSPS) is 11.0. The van der Waals surface area contributed by atoms with Gasteiger partial charge in [-0.05, 0) is 62.6 Å². The summed E-state index contributed by atoms with van der Waals surface area (Å²) in [6.07, 6.45) is 0. The molecule has 24 heavy (non-hydrogen) atoms. The van der Waals surface area contributed by atoms with Gasteiger partial charge in [-0.2, -0.15) is 0 Å². The molecule has 0 spiro atoms. The van der Waals surface area contributed by atoms with Gasteiger partial charge in [-0.25, -0.2) is 0 Å². The molecule has 0 bridgehead atoms. The van der Waals surface area contributed by atoms with Crippen molar-refractivity contribution in [1.29, 1.82) is 0 Å². The predicted molar refractivity (Wildman–Crippen MR) is 95.5 cm³/mol. The summed E-state index contributed by atoms with van der Waals surface area (Å²) in [6, 6.07) is 12.9. The van der Waals surface area contributed by atoms with E-state index in [9.17, 15) is 12.9 Å². The van der Waals surface area contributed by atoms with Crippen LogP contribution in [-0.2, 0) is 10.9 Å². The molecule has 1 unspecified atom stereocenters. The molecular weight excluding hydrogens is 359 g/mol. The summed E-state index contributed by atoms with van der Waals surface area (Å²) in [5, 5.41) is 0.646. The average molecular weight is 379 g/mol. The van der Waals surface area contributed by atoms with Gasteiger partial charge in [0.15, 0.2) is 15.0 Å². The largest absolute Gasteiger partial charge is 1.00 e. The van der Waals surface area contributed by atoms with E-state index in [2.05, 4.69) is 64.1 Å². The molecule has 0 saturated heterocycles. The van der Waals surface area contributed by atoms with Gasteiger partial charge in [0.1, 0.15) is 0 Å². The lowest BCUT2D eigenvalue weighted by molar-refractivity contribution is -0.00000767. The molecule has 0 aromatic heterocycles. The van der Waals surface area contributed by atoms with Crippen LogP contribution in [-0.4, -0.2) is 12.8 Å². The second-order valence-corrected chi connectivity index (χ2v) is 7.69. The van der Waals surface area contributed by atoms with Crippen molar-refractivity contribution in [3.63, 3.8) is 0 Å². The Morgan fingerprint density at radius 2 is 1.42 bits per heavy atom. The van der Waals surface area contributed by atoms with E-state index in [-0.39, 0.29) is 15.6 Å². The van der Waals surface area contributed by atoms with E-state index in [1.54, 1.807) is 0 Å². The first kappa shape index (κ1) is 22.9. The van der Waals surface area contributed by atoms with Gasteiger partial charge in [0.05, 0.1) is 10.9 Å². The number of hydrogen-bond donors (Lipinski definition) is 0. The van der Waals surface area contributed by atoms with Crippen LogP contribution in [0.4, 0.5) is 12.9 Å². The van der Waals surface area contributed by atoms with Crippen molar-refractivity contribution in [2.75, 3.05) is 5.21 Å². The summed E-state index contributed by atoms with van der Waals surface area (Å²) >= 11 is 6.27. The molecule has 7 heteroatoms. The van der Waals surface area contributed by atoms with Crippen LogP contribution in [0.1, 0.15) is 22.3 Å². The van der Waals surface area contributed by atoms with Crippen molar-refractivity contribution in [3.8, 4) is 0 Å². The van der Waals surface area contributed by atoms with E-state index in [0.717, 1.165) is 0 Å². The van der Waals surface area contributed by atoms with Crippen molar-refractivity contribution < 1.29 is 17.7 Å². The highest BCUT2D eigenvalue weighted by molar-refractivity contribution is 7.98. The summed E-state index contributed by atoms with van der Waals surface area (Å²) in [4.78, 5) is 2.71. The van der Waals surface area contributed by atoms with E-state index >= 15 is 0 Å². The second kappa shape index (κ2) is 10.7. The fourth-order valence-electron chi connectivity index (χ4n) is 2.26. The SMILES string of the molecule is Cc1cc([S+](CCl)c2ccccc2)c(C)c(C)c1C.FB(F)F.[F-]. The van der Waals surface area contributed by atoms with E-state index in [1.165, 1.54) is 32.0 Å². The molecule has 0 aliphatic carbocycles. The third kappa shape index (κ3) is 6.06. The first-order chi connectivity index (χ1) is 10.8. The smallest absolute Gasteiger partial charge is 0.762 e. The molecule has 0 aliphatic heterocycles. The zero-order valence-corrected chi connectivity index (χ0v) is 15.6. The van der Waals surface area contributed by atoms with Crippen LogP contribution in [0.5, 0.6) is 0 Å². The topological polar surface area (TPSA) is 0 Å². The minimum absolute atomic E-state index is 0. The van der Waals surface area contributed by atoms with Crippen molar-refractivity contribution in [2.45, 2.75) is 37.5 Å². The number of hydrogen-bond acceptors (Lipinski definition) is 0. The van der Waals surface area contributed by atoms with Gasteiger partial charge in [-0.15, -0.1) is 0 Å². The molecule has 2 rings (SSSR count). The van der Waals surface area contributed by atoms with Gasteiger partial charge < -0.3 is 4.70 Å². The van der Waals surface area contributed by atoms with Crippen molar-refractivity contribution in [2.24, 2.45) is 0 Å². The highest BCUT2D eigenvalue weighted by Gasteiger charge is 2.27. The van der Waals surface area contributed by atoms with Gasteiger partial charge in [0.2, 0.25) is 0 Å². The minimum atomic E-state index is -3.67. The number of alkyl halides is 1. The molecule has 2 aromatic rings. The molecule has 2 aromatic carbocycles. The maximum Gasteiger partial charge on any atom is 0.762 e. The first-order valence-corrected chi connectivity index (χ1v) is 9.04. The lowest BCUT2D eigenvalue weighted by Crippen LogP contribution is -3.00. The lowest BCUT2D eigenvalue weighted by atomic mass is 10.00. The highest BCUT2D eigenvalue weighted by Crippen LogP contribution is 2.31. The summed E-state index contributed by atoms with van der Waals surface area (Å²) in [5.74, 6) is 0. The molecule has 1 atom stereocenters. The Hall–Kier alpha value is -1.14. The van der Waals surface area contributed by atoms with E-state index < -0.39 is 7.54 Å². The van der Waals surface area contributed by atoms with Gasteiger partial charge in [0.25, 0.3) is 0 Å². The molecule has 0 nitrogen and oxygen atoms in total. The molecule has 132 valence electrons. The van der Waals surface area contributed by atoms with Gasteiger partial charge >= 0.3 is 7.54 Å². The summed E-state index contributed by atoms with van der Waals surface area (Å²) < 4.78 is 29.0. The number of halogens is 5. The third-order valence-corrected chi connectivity index (χ3v) is 6.51. The molecule has 0 N–H and O–H groups in total. The average Bonchev–Trinajstić information content (AvgIpc) is 2.51. The fraction of sp³-hybridized carbons (Fsp3) is 0.294. The molecule has 0 heterocycles. The zero-order valence-electron chi connectivity index (χ0n) is 14.0. The van der Waals surface area contributed by atoms with Crippen molar-refractivity contribution in [3.05, 3.63) is 58.7 Å². The Morgan fingerprint density at radius 3 is 1.88 bits per heavy atom. The number of rotatable bonds is 3. The molecular formula is C17H20BClF4S. The monoisotopic (exact) mass is 378 g/mol. The minimum Gasteiger partial charge on any atom is -1.00 e. The summed E-state index contributed by atoms with van der Waals surface area (Å²) in [5.41, 5.74) is 5.54. The third-order valence-electron chi connectivity index (χ3n) is 3.84. The second-order valence-electron chi connectivity index (χ2n) is 5.13. The van der Waals surface area contributed by atoms with Crippen LogP contribution in [0.2, 0.25) is 0 Å². The van der Waals surface area contributed by atoms with Crippen molar-refractivity contribution >= 4 is 30.0 Å². The van der Waals surface area contributed by atoms with E-state index in [4.69, 9.17) is 11.6 Å². The maximum absolute atomic E-state index is 9.67. The van der Waals surface area contributed by atoms with E-state index in [0.29, 0.717) is 5.21 Å². The molecule has 0 saturated carbocycles. The van der Waals surface area contributed by atoms with Crippen LogP contribution in [0, 0.1) is 27.7 Å². The summed E-state index contributed by atoms with van der Waals surface area (Å²) in [6.45, 7) is 8.81. The Balaban J connectivity index is 0.000000954. The van der Waals surface area contributed by atoms with Crippen LogP contribution in [0.3, 0.4) is 0 Å². The van der Waals surface area contributed by atoms with Crippen LogP contribution in [0.25, 0.3) is 0 Å².